The van der Waals surface area contributed by atoms with Gasteiger partial charge in [-0.25, -0.2) is 9.37 Å². The summed E-state index contributed by atoms with van der Waals surface area (Å²) in [6, 6.07) is 5.44. The fourth-order valence-electron chi connectivity index (χ4n) is 4.59. The Labute approximate surface area is 152 Å². The molecule has 1 aromatic heterocycles. The van der Waals surface area contributed by atoms with Gasteiger partial charge in [0, 0.05) is 41.7 Å². The fraction of sp³-hybridized carbons (Fsp3) is 0.550. The number of aromatic nitrogens is 1. The third kappa shape index (κ3) is 2.85. The molecule has 26 heavy (non-hydrogen) atoms. The lowest BCUT2D eigenvalue weighted by Gasteiger charge is -2.66. The molecule has 3 saturated carbocycles. The van der Waals surface area contributed by atoms with Crippen LogP contribution in [0.3, 0.4) is 0 Å². The molecular formula is C20H25F2N3O. The van der Waals surface area contributed by atoms with E-state index in [4.69, 9.17) is 4.74 Å². The minimum absolute atomic E-state index is 0.0943. The average Bonchev–Trinajstić information content (AvgIpc) is 2.56. The van der Waals surface area contributed by atoms with Crippen LogP contribution in [0.2, 0.25) is 0 Å². The summed E-state index contributed by atoms with van der Waals surface area (Å²) in [5, 5.41) is 7.38. The molecule has 2 N–H and O–H groups in total. The second-order valence-electron chi connectivity index (χ2n) is 8.04. The summed E-state index contributed by atoms with van der Waals surface area (Å²) in [6.07, 6.45) is 1.93. The van der Waals surface area contributed by atoms with Crippen molar-refractivity contribution in [2.45, 2.75) is 44.4 Å². The van der Waals surface area contributed by atoms with Crippen LogP contribution in [0.25, 0.3) is 10.9 Å². The number of rotatable bonds is 7. The predicted molar refractivity (Wildman–Crippen MR) is 97.6 cm³/mol. The number of ether oxygens (including phenoxy) is 1. The molecule has 0 spiro atoms. The first-order valence-electron chi connectivity index (χ1n) is 9.11. The van der Waals surface area contributed by atoms with Gasteiger partial charge in [-0.2, -0.15) is 4.39 Å². The summed E-state index contributed by atoms with van der Waals surface area (Å²) in [7, 11) is 3.47. The molecule has 5 rings (SSSR count). The first-order chi connectivity index (χ1) is 12.4. The summed E-state index contributed by atoms with van der Waals surface area (Å²) in [5.74, 6) is 0.224. The van der Waals surface area contributed by atoms with Crippen LogP contribution in [-0.4, -0.2) is 31.4 Å². The molecule has 2 bridgehead atoms. The van der Waals surface area contributed by atoms with Gasteiger partial charge < -0.3 is 15.4 Å². The topological polar surface area (TPSA) is 46.2 Å². The molecule has 140 valence electrons. The quantitative estimate of drug-likeness (QED) is 0.739. The van der Waals surface area contributed by atoms with Crippen molar-refractivity contribution < 1.29 is 13.5 Å². The maximum atomic E-state index is 14.6. The van der Waals surface area contributed by atoms with Crippen molar-refractivity contribution in [3.05, 3.63) is 35.3 Å². The van der Waals surface area contributed by atoms with Crippen LogP contribution in [0.1, 0.15) is 43.4 Å². The Hall–Kier alpha value is -1.79. The maximum absolute atomic E-state index is 14.6. The van der Waals surface area contributed by atoms with Crippen LogP contribution in [0.4, 0.5) is 8.78 Å². The molecule has 4 nitrogen and oxygen atoms in total. The van der Waals surface area contributed by atoms with Crippen LogP contribution >= 0.6 is 0 Å². The Kier molecular flexibility index (Phi) is 4.15. The number of alkyl halides is 1. The third-order valence-electron chi connectivity index (χ3n) is 5.89. The second kappa shape index (κ2) is 6.13. The highest BCUT2D eigenvalue weighted by Crippen LogP contribution is 2.69. The van der Waals surface area contributed by atoms with E-state index in [2.05, 4.69) is 15.6 Å². The van der Waals surface area contributed by atoms with E-state index >= 15 is 0 Å². The zero-order valence-electron chi connectivity index (χ0n) is 15.5. The van der Waals surface area contributed by atoms with Crippen molar-refractivity contribution in [1.29, 1.82) is 0 Å². The molecule has 2 aromatic rings. The first-order valence-corrected chi connectivity index (χ1v) is 9.11. The van der Waals surface area contributed by atoms with Crippen molar-refractivity contribution >= 4 is 10.9 Å². The number of pyridine rings is 1. The summed E-state index contributed by atoms with van der Waals surface area (Å²) < 4.78 is 33.6. The zero-order valence-corrected chi connectivity index (χ0v) is 15.5. The summed E-state index contributed by atoms with van der Waals surface area (Å²) >= 11 is 0. The number of hydrogen-bond acceptors (Lipinski definition) is 4. The normalized spacial score (nSPS) is 27.7. The van der Waals surface area contributed by atoms with E-state index in [0.717, 1.165) is 17.5 Å². The summed E-state index contributed by atoms with van der Waals surface area (Å²) in [4.78, 5) is 4.14. The van der Waals surface area contributed by atoms with E-state index in [-0.39, 0.29) is 11.5 Å². The Bertz CT molecular complexity index is 835. The molecule has 6 heteroatoms. The molecule has 1 heterocycles. The molecule has 1 atom stereocenters. The zero-order chi connectivity index (χ0) is 18.5. The average molecular weight is 361 g/mol. The smallest absolute Gasteiger partial charge is 0.218 e. The molecule has 3 aliphatic carbocycles. The molecule has 1 unspecified atom stereocenters. The lowest BCUT2D eigenvalue weighted by molar-refractivity contribution is -0.210. The van der Waals surface area contributed by atoms with Crippen molar-refractivity contribution in [3.8, 4) is 5.75 Å². The monoisotopic (exact) mass is 361 g/mol. The SMILES string of the molecule is CNCc1cc2cc(C(C)NCC34CC(F)(C3)C4)c(F)nc2cc1OC. The van der Waals surface area contributed by atoms with Gasteiger partial charge >= 0.3 is 0 Å². The van der Waals surface area contributed by atoms with Crippen LogP contribution < -0.4 is 15.4 Å². The Morgan fingerprint density at radius 1 is 1.27 bits per heavy atom. The molecule has 3 aliphatic rings. The van der Waals surface area contributed by atoms with Crippen molar-refractivity contribution in [3.63, 3.8) is 0 Å². The Morgan fingerprint density at radius 3 is 2.62 bits per heavy atom. The number of benzene rings is 1. The highest BCUT2D eigenvalue weighted by molar-refractivity contribution is 5.82. The van der Waals surface area contributed by atoms with Gasteiger partial charge in [-0.1, -0.05) is 0 Å². The third-order valence-corrected chi connectivity index (χ3v) is 5.89. The van der Waals surface area contributed by atoms with Crippen molar-refractivity contribution in [2.24, 2.45) is 5.41 Å². The van der Waals surface area contributed by atoms with Gasteiger partial charge in [-0.05, 0) is 50.8 Å². The minimum atomic E-state index is -0.899. The Morgan fingerprint density at radius 2 is 2.00 bits per heavy atom. The number of halogens is 2. The maximum Gasteiger partial charge on any atom is 0.218 e. The number of hydrogen-bond donors (Lipinski definition) is 2. The fourth-order valence-corrected chi connectivity index (χ4v) is 4.59. The number of methoxy groups -OCH3 is 1. The molecular weight excluding hydrogens is 336 g/mol. The predicted octanol–water partition coefficient (Wildman–Crippen LogP) is 3.64. The lowest BCUT2D eigenvalue weighted by atomic mass is 9.42. The number of nitrogens with zero attached hydrogens (tertiary/aromatic N) is 1. The second-order valence-corrected chi connectivity index (χ2v) is 8.04. The van der Waals surface area contributed by atoms with E-state index < -0.39 is 11.6 Å². The van der Waals surface area contributed by atoms with Gasteiger partial charge in [0.1, 0.15) is 11.4 Å². The van der Waals surface area contributed by atoms with E-state index in [1.54, 1.807) is 13.2 Å². The first kappa shape index (κ1) is 17.6. The number of nitrogens with one attached hydrogen (secondary N) is 2. The molecule has 3 fully saturated rings. The molecule has 0 radical (unpaired) electrons. The van der Waals surface area contributed by atoms with Gasteiger partial charge in [0.05, 0.1) is 12.6 Å². The van der Waals surface area contributed by atoms with E-state index in [9.17, 15) is 8.78 Å². The highest BCUT2D eigenvalue weighted by atomic mass is 19.1. The molecule has 0 saturated heterocycles. The van der Waals surface area contributed by atoms with Gasteiger partial charge in [-0.3, -0.25) is 0 Å². The van der Waals surface area contributed by atoms with Crippen molar-refractivity contribution in [2.75, 3.05) is 20.7 Å². The van der Waals surface area contributed by atoms with E-state index in [0.29, 0.717) is 42.6 Å². The lowest BCUT2D eigenvalue weighted by Crippen LogP contribution is -2.67. The van der Waals surface area contributed by atoms with E-state index in [1.165, 1.54) is 0 Å². The standard InChI is InChI=1S/C20H25F2N3O/c1-12(24-11-19-8-20(22,9-19)10-19)15-5-13-4-14(7-23-2)17(26-3)6-16(13)25-18(15)21/h4-6,12,23-24H,7-11H2,1-3H3. The van der Waals surface area contributed by atoms with Crippen LogP contribution in [-0.2, 0) is 6.54 Å². The van der Waals surface area contributed by atoms with Gasteiger partial charge in [0.15, 0.2) is 0 Å². The molecule has 0 aliphatic heterocycles. The summed E-state index contributed by atoms with van der Waals surface area (Å²) in [5.41, 5.74) is 1.32. The molecule has 0 amide bonds. The van der Waals surface area contributed by atoms with Crippen molar-refractivity contribution in [1.82, 2.24) is 15.6 Å². The van der Waals surface area contributed by atoms with Gasteiger partial charge in [0.2, 0.25) is 5.95 Å². The van der Waals surface area contributed by atoms with E-state index in [1.807, 2.05) is 26.1 Å². The largest absolute Gasteiger partial charge is 0.496 e. The van der Waals surface area contributed by atoms with Gasteiger partial charge in [-0.15, -0.1) is 0 Å². The van der Waals surface area contributed by atoms with Crippen LogP contribution in [0.15, 0.2) is 18.2 Å². The van der Waals surface area contributed by atoms with Gasteiger partial charge in [0.25, 0.3) is 0 Å². The summed E-state index contributed by atoms with van der Waals surface area (Å²) in [6.45, 7) is 3.32. The van der Waals surface area contributed by atoms with Crippen LogP contribution in [0.5, 0.6) is 5.75 Å². The number of fused-ring (bicyclic) bond motifs is 1. The highest BCUT2D eigenvalue weighted by Gasteiger charge is 2.68. The van der Waals surface area contributed by atoms with Crippen LogP contribution in [0, 0.1) is 11.4 Å². The minimum Gasteiger partial charge on any atom is -0.496 e. The Balaban J connectivity index is 1.57. The molecule has 1 aromatic carbocycles.